The zero-order chi connectivity index (χ0) is 14.1. The summed E-state index contributed by atoms with van der Waals surface area (Å²) in [5, 5.41) is 3.51. The molecular formula is C15H25N5. The summed E-state index contributed by atoms with van der Waals surface area (Å²) in [5.41, 5.74) is 2.63. The molecule has 5 heteroatoms. The third-order valence-electron chi connectivity index (χ3n) is 4.38. The average Bonchev–Trinajstić information content (AvgIpc) is 3.31. The van der Waals surface area contributed by atoms with Crippen molar-refractivity contribution < 1.29 is 0 Å². The Morgan fingerprint density at radius 2 is 1.75 bits per heavy atom. The van der Waals surface area contributed by atoms with Crippen LogP contribution in [0.5, 0.6) is 0 Å². The van der Waals surface area contributed by atoms with Gasteiger partial charge in [-0.05, 0) is 43.4 Å². The van der Waals surface area contributed by atoms with Crippen LogP contribution in [-0.4, -0.2) is 16.5 Å². The van der Waals surface area contributed by atoms with Crippen molar-refractivity contribution in [2.45, 2.75) is 45.4 Å². The lowest BCUT2D eigenvalue weighted by Crippen LogP contribution is -2.20. The highest BCUT2D eigenvalue weighted by Gasteiger charge is 2.41. The van der Waals surface area contributed by atoms with Crippen LogP contribution in [0.1, 0.15) is 51.3 Å². The molecule has 0 aliphatic heterocycles. The molecule has 20 heavy (non-hydrogen) atoms. The lowest BCUT2D eigenvalue weighted by Gasteiger charge is -2.17. The van der Waals surface area contributed by atoms with Crippen molar-refractivity contribution in [3.63, 3.8) is 0 Å². The molecule has 2 fully saturated rings. The van der Waals surface area contributed by atoms with E-state index in [2.05, 4.69) is 34.6 Å². The molecule has 5 nitrogen and oxygen atoms in total. The summed E-state index contributed by atoms with van der Waals surface area (Å²) in [5.74, 6) is 10.9. The smallest absolute Gasteiger partial charge is 0.145 e. The summed E-state index contributed by atoms with van der Waals surface area (Å²) in [6.07, 6.45) is 5.66. The number of nitrogen functional groups attached to an aromatic ring is 1. The predicted octanol–water partition coefficient (Wildman–Crippen LogP) is 2.73. The average molecular weight is 275 g/mol. The molecule has 0 aromatic carbocycles. The van der Waals surface area contributed by atoms with Gasteiger partial charge < -0.3 is 10.7 Å². The van der Waals surface area contributed by atoms with Gasteiger partial charge in [-0.2, -0.15) is 0 Å². The first-order valence-corrected chi connectivity index (χ1v) is 7.77. The molecule has 0 spiro atoms. The number of anilines is 2. The second-order valence-corrected chi connectivity index (χ2v) is 6.52. The molecule has 1 aromatic heterocycles. The Morgan fingerprint density at radius 3 is 2.25 bits per heavy atom. The van der Waals surface area contributed by atoms with E-state index in [0.29, 0.717) is 11.7 Å². The fourth-order valence-electron chi connectivity index (χ4n) is 2.88. The van der Waals surface area contributed by atoms with Crippen molar-refractivity contribution in [1.29, 1.82) is 0 Å². The third-order valence-corrected chi connectivity index (χ3v) is 4.38. The Morgan fingerprint density at radius 1 is 1.15 bits per heavy atom. The summed E-state index contributed by atoms with van der Waals surface area (Å²) in [7, 11) is 0. The van der Waals surface area contributed by atoms with E-state index in [4.69, 9.17) is 5.84 Å². The van der Waals surface area contributed by atoms with E-state index in [1.54, 1.807) is 0 Å². The highest BCUT2D eigenvalue weighted by Crippen LogP contribution is 2.49. The number of rotatable bonds is 7. The summed E-state index contributed by atoms with van der Waals surface area (Å²) in [4.78, 5) is 8.98. The first-order valence-electron chi connectivity index (χ1n) is 7.77. The van der Waals surface area contributed by atoms with Crippen LogP contribution in [0.3, 0.4) is 0 Å². The van der Waals surface area contributed by atoms with Crippen molar-refractivity contribution >= 4 is 11.6 Å². The van der Waals surface area contributed by atoms with Crippen molar-refractivity contribution in [2.75, 3.05) is 17.3 Å². The number of nitrogens with two attached hydrogens (primary N) is 1. The van der Waals surface area contributed by atoms with Gasteiger partial charge in [-0.1, -0.05) is 13.8 Å². The van der Waals surface area contributed by atoms with Crippen molar-refractivity contribution in [3.8, 4) is 0 Å². The van der Waals surface area contributed by atoms with Gasteiger partial charge >= 0.3 is 0 Å². The molecule has 0 bridgehead atoms. The number of aromatic nitrogens is 2. The molecular weight excluding hydrogens is 250 g/mol. The van der Waals surface area contributed by atoms with E-state index in [1.807, 2.05) is 6.07 Å². The molecule has 0 radical (unpaired) electrons. The molecule has 2 aliphatic carbocycles. The lowest BCUT2D eigenvalue weighted by molar-refractivity contribution is 0.427. The molecule has 0 atom stereocenters. The largest absolute Gasteiger partial charge is 0.370 e. The maximum absolute atomic E-state index is 5.49. The lowest BCUT2D eigenvalue weighted by atomic mass is 9.98. The van der Waals surface area contributed by atoms with E-state index in [9.17, 15) is 0 Å². The predicted molar refractivity (Wildman–Crippen MR) is 81.4 cm³/mol. The molecule has 0 saturated heterocycles. The van der Waals surface area contributed by atoms with Gasteiger partial charge in [0, 0.05) is 18.5 Å². The maximum Gasteiger partial charge on any atom is 0.145 e. The minimum Gasteiger partial charge on any atom is -0.370 e. The van der Waals surface area contributed by atoms with Gasteiger partial charge in [-0.25, -0.2) is 15.8 Å². The second-order valence-electron chi connectivity index (χ2n) is 6.52. The molecule has 1 aromatic rings. The van der Waals surface area contributed by atoms with Crippen LogP contribution >= 0.6 is 0 Å². The van der Waals surface area contributed by atoms with E-state index in [-0.39, 0.29) is 0 Å². The SMILES string of the molecule is CC(C)c1nc(NN)cc(NCC(C2CC2)C2CC2)n1. The first kappa shape index (κ1) is 13.6. The summed E-state index contributed by atoms with van der Waals surface area (Å²) in [6, 6.07) is 1.89. The van der Waals surface area contributed by atoms with Gasteiger partial charge in [0.1, 0.15) is 17.5 Å². The van der Waals surface area contributed by atoms with Gasteiger partial charge in [0.15, 0.2) is 0 Å². The van der Waals surface area contributed by atoms with E-state index in [0.717, 1.165) is 35.9 Å². The maximum atomic E-state index is 5.49. The molecule has 110 valence electrons. The van der Waals surface area contributed by atoms with Gasteiger partial charge in [0.05, 0.1) is 0 Å². The second kappa shape index (κ2) is 5.56. The van der Waals surface area contributed by atoms with E-state index < -0.39 is 0 Å². The minimum atomic E-state index is 0.298. The Hall–Kier alpha value is -1.36. The third kappa shape index (κ3) is 3.20. The molecule has 2 saturated carbocycles. The Kier molecular flexibility index (Phi) is 3.78. The molecule has 3 rings (SSSR count). The summed E-state index contributed by atoms with van der Waals surface area (Å²) in [6.45, 7) is 5.22. The van der Waals surface area contributed by atoms with Crippen molar-refractivity contribution in [1.82, 2.24) is 9.97 Å². The van der Waals surface area contributed by atoms with Crippen molar-refractivity contribution in [3.05, 3.63) is 11.9 Å². The number of hydrazine groups is 1. The number of hydrogen-bond acceptors (Lipinski definition) is 5. The minimum absolute atomic E-state index is 0.298. The van der Waals surface area contributed by atoms with Crippen molar-refractivity contribution in [2.24, 2.45) is 23.6 Å². The molecule has 0 amide bonds. The van der Waals surface area contributed by atoms with Crippen LogP contribution in [0.15, 0.2) is 6.07 Å². The topological polar surface area (TPSA) is 75.9 Å². The summed E-state index contributed by atoms with van der Waals surface area (Å²) < 4.78 is 0. The van der Waals surface area contributed by atoms with Gasteiger partial charge in [-0.3, -0.25) is 0 Å². The zero-order valence-electron chi connectivity index (χ0n) is 12.4. The summed E-state index contributed by atoms with van der Waals surface area (Å²) >= 11 is 0. The van der Waals surface area contributed by atoms with Gasteiger partial charge in [0.25, 0.3) is 0 Å². The highest BCUT2D eigenvalue weighted by molar-refractivity contribution is 5.47. The zero-order valence-corrected chi connectivity index (χ0v) is 12.4. The number of nitrogens with one attached hydrogen (secondary N) is 2. The Bertz CT molecular complexity index is 453. The number of hydrogen-bond donors (Lipinski definition) is 3. The molecule has 2 aliphatic rings. The molecule has 1 heterocycles. The van der Waals surface area contributed by atoms with Crippen LogP contribution in [0.2, 0.25) is 0 Å². The monoisotopic (exact) mass is 275 g/mol. The van der Waals surface area contributed by atoms with E-state index >= 15 is 0 Å². The van der Waals surface area contributed by atoms with E-state index in [1.165, 1.54) is 25.7 Å². The van der Waals surface area contributed by atoms with Crippen LogP contribution in [-0.2, 0) is 0 Å². The van der Waals surface area contributed by atoms with Crippen LogP contribution in [0.25, 0.3) is 0 Å². The fraction of sp³-hybridized carbons (Fsp3) is 0.733. The molecule has 0 unspecified atom stereocenters. The Balaban J connectivity index is 1.67. The highest BCUT2D eigenvalue weighted by atomic mass is 15.3. The quantitative estimate of drug-likeness (QED) is 0.527. The van der Waals surface area contributed by atoms with Crippen LogP contribution < -0.4 is 16.6 Å². The fourth-order valence-corrected chi connectivity index (χ4v) is 2.88. The Labute approximate surface area is 120 Å². The van der Waals surface area contributed by atoms with Gasteiger partial charge in [0.2, 0.25) is 0 Å². The normalized spacial score (nSPS) is 18.6. The number of nitrogens with zero attached hydrogens (tertiary/aromatic N) is 2. The first-order chi connectivity index (χ1) is 9.67. The van der Waals surface area contributed by atoms with Crippen LogP contribution in [0, 0.1) is 17.8 Å². The molecule has 4 N–H and O–H groups in total. The van der Waals surface area contributed by atoms with Crippen LogP contribution in [0.4, 0.5) is 11.6 Å². The standard InChI is InChI=1S/C15H25N5/c1-9(2)15-18-13(7-14(19-15)20-16)17-8-12(10-3-4-10)11-5-6-11/h7,9-12H,3-6,8,16H2,1-2H3,(H2,17,18,19,20). The van der Waals surface area contributed by atoms with Gasteiger partial charge in [-0.15, -0.1) is 0 Å².